The van der Waals surface area contributed by atoms with Crippen LogP contribution in [0.25, 0.3) is 22.0 Å². The zero-order valence-corrected chi connectivity index (χ0v) is 16.8. The highest BCUT2D eigenvalue weighted by Gasteiger charge is 2.38. The fourth-order valence-corrected chi connectivity index (χ4v) is 3.38. The number of aromatic nitrogens is 2. The van der Waals surface area contributed by atoms with Crippen molar-refractivity contribution < 1.29 is 36.7 Å². The molecule has 0 aliphatic carbocycles. The van der Waals surface area contributed by atoms with Crippen LogP contribution in [0.1, 0.15) is 28.9 Å². The van der Waals surface area contributed by atoms with Gasteiger partial charge in [-0.3, -0.25) is 4.79 Å². The van der Waals surface area contributed by atoms with Crippen molar-refractivity contribution in [2.24, 2.45) is 0 Å². The molecule has 166 valence electrons. The second-order valence-corrected chi connectivity index (χ2v) is 6.80. The van der Waals surface area contributed by atoms with Gasteiger partial charge >= 0.3 is 18.1 Å². The summed E-state index contributed by atoms with van der Waals surface area (Å²) in [5.41, 5.74) is 0.927. The van der Waals surface area contributed by atoms with E-state index in [4.69, 9.17) is 13.9 Å². The first-order valence-electron chi connectivity index (χ1n) is 9.65. The molecule has 0 fully saturated rings. The summed E-state index contributed by atoms with van der Waals surface area (Å²) in [6, 6.07) is 12.7. The highest BCUT2D eigenvalue weighted by molar-refractivity contribution is 5.96. The second kappa shape index (κ2) is 8.37. The van der Waals surface area contributed by atoms with E-state index in [1.54, 1.807) is 43.3 Å². The largest absolute Gasteiger partial charge is 0.460 e. The van der Waals surface area contributed by atoms with Gasteiger partial charge in [0.1, 0.15) is 18.7 Å². The quantitative estimate of drug-likeness (QED) is 0.399. The lowest BCUT2D eigenvalue weighted by Crippen LogP contribution is -2.20. The van der Waals surface area contributed by atoms with Gasteiger partial charge in [0.05, 0.1) is 23.2 Å². The van der Waals surface area contributed by atoms with E-state index in [2.05, 4.69) is 4.98 Å². The highest BCUT2D eigenvalue weighted by atomic mass is 19.4. The first-order chi connectivity index (χ1) is 15.3. The average molecular weight is 446 g/mol. The molecule has 0 saturated carbocycles. The summed E-state index contributed by atoms with van der Waals surface area (Å²) in [5, 5.41) is 0.535. The minimum absolute atomic E-state index is 0.109. The van der Waals surface area contributed by atoms with Crippen LogP contribution in [0.2, 0.25) is 0 Å². The van der Waals surface area contributed by atoms with Crippen molar-refractivity contribution >= 4 is 33.9 Å². The topological polar surface area (TPSA) is 83.6 Å². The number of para-hydroxylation sites is 3. The van der Waals surface area contributed by atoms with Gasteiger partial charge in [-0.1, -0.05) is 30.3 Å². The fourth-order valence-electron chi connectivity index (χ4n) is 3.38. The molecule has 7 nitrogen and oxygen atoms in total. The van der Waals surface area contributed by atoms with Gasteiger partial charge in [0.15, 0.2) is 0 Å². The van der Waals surface area contributed by atoms with Crippen LogP contribution in [0.3, 0.4) is 0 Å². The Morgan fingerprint density at radius 2 is 1.78 bits per heavy atom. The number of benzene rings is 2. The summed E-state index contributed by atoms with van der Waals surface area (Å²) in [6.07, 6.45) is -4.75. The normalized spacial score (nSPS) is 11.8. The summed E-state index contributed by atoms with van der Waals surface area (Å²) < 4.78 is 56.8. The summed E-state index contributed by atoms with van der Waals surface area (Å²) in [6.45, 7) is 0.662. The Morgan fingerprint density at radius 3 is 2.53 bits per heavy atom. The first-order valence-corrected chi connectivity index (χ1v) is 9.65. The van der Waals surface area contributed by atoms with Crippen LogP contribution in [0.5, 0.6) is 0 Å². The molecule has 0 amide bonds. The Kier molecular flexibility index (Phi) is 5.60. The van der Waals surface area contributed by atoms with Gasteiger partial charge in [-0.2, -0.15) is 13.2 Å². The lowest BCUT2D eigenvalue weighted by atomic mass is 10.1. The number of carbonyl (C=O) groups is 2. The Labute approximate surface area is 179 Å². The summed E-state index contributed by atoms with van der Waals surface area (Å²) in [7, 11) is 0. The molecule has 0 spiro atoms. The number of fused-ring (bicyclic) bond motifs is 2. The van der Waals surface area contributed by atoms with E-state index in [9.17, 15) is 22.8 Å². The molecule has 4 rings (SSSR count). The molecule has 10 heteroatoms. The maximum Gasteiger partial charge on any atom is 0.449 e. The third kappa shape index (κ3) is 4.03. The molecule has 0 radical (unpaired) electrons. The predicted molar refractivity (Wildman–Crippen MR) is 107 cm³/mol. The van der Waals surface area contributed by atoms with Crippen LogP contribution >= 0.6 is 0 Å². The molecule has 32 heavy (non-hydrogen) atoms. The molecule has 0 unspecified atom stereocenters. The molecule has 0 bridgehead atoms. The van der Waals surface area contributed by atoms with Crippen LogP contribution in [0.15, 0.2) is 52.9 Å². The number of hydrogen-bond acceptors (Lipinski definition) is 6. The summed E-state index contributed by atoms with van der Waals surface area (Å²) in [5.74, 6) is -2.98. The predicted octanol–water partition coefficient (Wildman–Crippen LogP) is 4.72. The Balaban J connectivity index is 1.60. The smallest absolute Gasteiger partial charge is 0.449 e. The number of ether oxygens (including phenoxy) is 2. The van der Waals surface area contributed by atoms with Gasteiger partial charge in [-0.25, -0.2) is 9.78 Å². The molecule has 0 atom stereocenters. The van der Waals surface area contributed by atoms with Gasteiger partial charge < -0.3 is 18.5 Å². The maximum absolute atomic E-state index is 13.4. The number of imidazole rings is 1. The fraction of sp³-hybridized carbons (Fsp3) is 0.227. The number of furan rings is 1. The van der Waals surface area contributed by atoms with Crippen LogP contribution in [0.4, 0.5) is 13.2 Å². The number of nitrogens with zero attached hydrogens (tertiary/aromatic N) is 2. The molecule has 2 heterocycles. The van der Waals surface area contributed by atoms with Crippen molar-refractivity contribution in [3.8, 4) is 0 Å². The number of hydrogen-bond donors (Lipinski definition) is 0. The number of esters is 2. The number of alkyl halides is 3. The molecule has 2 aromatic heterocycles. The lowest BCUT2D eigenvalue weighted by molar-refractivity contribution is -0.151. The molecular weight excluding hydrogens is 429 g/mol. The van der Waals surface area contributed by atoms with E-state index in [0.29, 0.717) is 11.0 Å². The van der Waals surface area contributed by atoms with Crippen molar-refractivity contribution in [1.29, 1.82) is 0 Å². The molecule has 0 aliphatic heterocycles. The van der Waals surface area contributed by atoms with Crippen LogP contribution in [-0.4, -0.2) is 28.1 Å². The van der Waals surface area contributed by atoms with E-state index in [0.717, 1.165) is 4.57 Å². The van der Waals surface area contributed by atoms with Gasteiger partial charge in [0.2, 0.25) is 11.6 Å². The third-order valence-corrected chi connectivity index (χ3v) is 4.73. The van der Waals surface area contributed by atoms with E-state index >= 15 is 0 Å². The summed E-state index contributed by atoms with van der Waals surface area (Å²) >= 11 is 0. The van der Waals surface area contributed by atoms with Crippen molar-refractivity contribution in [3.05, 3.63) is 65.7 Å². The standard InChI is InChI=1S/C22H17F3N2O5/c1-2-30-20(29)19-14(13-7-3-6-10-17(13)32-19)12-31-18(28)11-27-16-9-5-4-8-15(16)26-21(27)22(23,24)25/h3-10H,2,11-12H2,1H3. The van der Waals surface area contributed by atoms with Crippen molar-refractivity contribution in [2.45, 2.75) is 26.3 Å². The van der Waals surface area contributed by atoms with Gasteiger partial charge in [-0.05, 0) is 25.1 Å². The SMILES string of the molecule is CCOC(=O)c1oc2ccccc2c1COC(=O)Cn1c(C(F)(F)F)nc2ccccc21. The summed E-state index contributed by atoms with van der Waals surface area (Å²) in [4.78, 5) is 28.3. The average Bonchev–Trinajstić information content (AvgIpc) is 3.31. The van der Waals surface area contributed by atoms with E-state index < -0.39 is 30.5 Å². The molecule has 4 aromatic rings. The van der Waals surface area contributed by atoms with Gasteiger partial charge in [-0.15, -0.1) is 0 Å². The molecule has 0 N–H and O–H groups in total. The Hall–Kier alpha value is -3.82. The lowest BCUT2D eigenvalue weighted by Gasteiger charge is -2.11. The monoisotopic (exact) mass is 446 g/mol. The second-order valence-electron chi connectivity index (χ2n) is 6.80. The molecule has 2 aromatic carbocycles. The van der Waals surface area contributed by atoms with Gasteiger partial charge in [0.25, 0.3) is 0 Å². The minimum atomic E-state index is -4.75. The van der Waals surface area contributed by atoms with Crippen molar-refractivity contribution in [2.75, 3.05) is 6.61 Å². The maximum atomic E-state index is 13.4. The molecular formula is C22H17F3N2O5. The Bertz CT molecular complexity index is 1310. The molecule has 0 saturated heterocycles. The number of halogens is 3. The third-order valence-electron chi connectivity index (χ3n) is 4.73. The van der Waals surface area contributed by atoms with E-state index in [1.165, 1.54) is 12.1 Å². The molecule has 0 aliphatic rings. The Morgan fingerprint density at radius 1 is 1.06 bits per heavy atom. The van der Waals surface area contributed by atoms with Gasteiger partial charge in [0, 0.05) is 5.39 Å². The van der Waals surface area contributed by atoms with E-state index in [1.807, 2.05) is 0 Å². The number of rotatable bonds is 6. The zero-order valence-electron chi connectivity index (χ0n) is 16.8. The van der Waals surface area contributed by atoms with Crippen molar-refractivity contribution in [3.63, 3.8) is 0 Å². The highest BCUT2D eigenvalue weighted by Crippen LogP contribution is 2.32. The van der Waals surface area contributed by atoms with Crippen LogP contribution in [-0.2, 0) is 33.6 Å². The minimum Gasteiger partial charge on any atom is -0.460 e. The zero-order chi connectivity index (χ0) is 22.9. The van der Waals surface area contributed by atoms with Crippen molar-refractivity contribution in [1.82, 2.24) is 9.55 Å². The first kappa shape index (κ1) is 21.4. The van der Waals surface area contributed by atoms with Crippen LogP contribution < -0.4 is 0 Å². The number of carbonyl (C=O) groups excluding carboxylic acids is 2. The van der Waals surface area contributed by atoms with E-state index in [-0.39, 0.29) is 35.6 Å². The van der Waals surface area contributed by atoms with Crippen LogP contribution in [0, 0.1) is 0 Å².